The van der Waals surface area contributed by atoms with Gasteiger partial charge in [0, 0.05) is 13.1 Å². The third kappa shape index (κ3) is 3.56. The number of para-hydroxylation sites is 2. The maximum atomic E-state index is 6.07. The van der Waals surface area contributed by atoms with E-state index >= 15 is 0 Å². The second kappa shape index (κ2) is 7.80. The van der Waals surface area contributed by atoms with Gasteiger partial charge in [-0.25, -0.2) is 0 Å². The monoisotopic (exact) mass is 444 g/mol. The summed E-state index contributed by atoms with van der Waals surface area (Å²) in [5.41, 5.74) is 5.01. The number of benzene rings is 3. The maximum Gasteiger partial charge on any atom is 0.169 e. The number of nitrogens with zero attached hydrogens (tertiary/aromatic N) is 2. The van der Waals surface area contributed by atoms with Crippen molar-refractivity contribution in [2.24, 2.45) is 0 Å². The van der Waals surface area contributed by atoms with Crippen LogP contribution in [0.4, 0.5) is 11.4 Å². The molecule has 3 aromatic carbocycles. The molecule has 0 saturated carbocycles. The van der Waals surface area contributed by atoms with E-state index in [0.29, 0.717) is 0 Å². The van der Waals surface area contributed by atoms with Gasteiger partial charge >= 0.3 is 0 Å². The average Bonchev–Trinajstić information content (AvgIpc) is 3.31. The lowest BCUT2D eigenvalue weighted by molar-refractivity contribution is 0.428. The number of anilines is 2. The third-order valence-corrected chi connectivity index (χ3v) is 5.76. The molecule has 0 unspecified atom stereocenters. The van der Waals surface area contributed by atoms with Crippen LogP contribution in [0.3, 0.4) is 0 Å². The summed E-state index contributed by atoms with van der Waals surface area (Å²) in [5, 5.41) is 0. The van der Waals surface area contributed by atoms with Crippen LogP contribution in [0, 0.1) is 0 Å². The Kier molecular flexibility index (Phi) is 4.86. The Labute approximate surface area is 179 Å². The van der Waals surface area contributed by atoms with Crippen molar-refractivity contribution in [1.29, 1.82) is 0 Å². The minimum Gasteiger partial charge on any atom is -0.450 e. The molecule has 0 N–H and O–H groups in total. The molecule has 0 saturated heterocycles. The molecule has 4 aromatic rings. The normalized spacial score (nSPS) is 13.7. The van der Waals surface area contributed by atoms with Gasteiger partial charge in [-0.05, 0) is 51.3 Å². The predicted molar refractivity (Wildman–Crippen MR) is 121 cm³/mol. The number of rotatable bonds is 5. The Morgan fingerprint density at radius 3 is 1.55 bits per heavy atom. The summed E-state index contributed by atoms with van der Waals surface area (Å²) >= 11 is 3.48. The van der Waals surface area contributed by atoms with Gasteiger partial charge in [0.15, 0.2) is 10.8 Å². The van der Waals surface area contributed by atoms with E-state index in [9.17, 15) is 0 Å². The van der Waals surface area contributed by atoms with Gasteiger partial charge in [-0.2, -0.15) is 0 Å². The van der Waals surface area contributed by atoms with Crippen LogP contribution < -0.4 is 9.80 Å². The molecular formula is C25H21BrN2O. The van der Waals surface area contributed by atoms with Crippen molar-refractivity contribution >= 4 is 27.3 Å². The molecule has 29 heavy (non-hydrogen) atoms. The van der Waals surface area contributed by atoms with Crippen LogP contribution in [0.15, 0.2) is 106 Å². The summed E-state index contributed by atoms with van der Waals surface area (Å²) in [6, 6.07) is 33.9. The Morgan fingerprint density at radius 1 is 0.621 bits per heavy atom. The number of fused-ring (bicyclic) bond motifs is 1. The van der Waals surface area contributed by atoms with E-state index in [2.05, 4.69) is 117 Å². The zero-order valence-electron chi connectivity index (χ0n) is 15.9. The third-order valence-electron chi connectivity index (χ3n) is 5.33. The average molecular weight is 445 g/mol. The van der Waals surface area contributed by atoms with Crippen LogP contribution in [-0.2, 0) is 13.1 Å². The van der Waals surface area contributed by atoms with Crippen LogP contribution in [0.2, 0.25) is 0 Å². The lowest BCUT2D eigenvalue weighted by Gasteiger charge is -2.32. The highest BCUT2D eigenvalue weighted by molar-refractivity contribution is 9.10. The van der Waals surface area contributed by atoms with E-state index in [4.69, 9.17) is 4.42 Å². The van der Waals surface area contributed by atoms with E-state index in [1.54, 1.807) is 0 Å². The van der Waals surface area contributed by atoms with Gasteiger partial charge in [0.25, 0.3) is 0 Å². The summed E-state index contributed by atoms with van der Waals surface area (Å²) in [7, 11) is 0. The molecule has 1 aliphatic heterocycles. The highest BCUT2D eigenvalue weighted by atomic mass is 79.9. The van der Waals surface area contributed by atoms with E-state index < -0.39 is 0 Å². The molecule has 0 radical (unpaired) electrons. The Hall–Kier alpha value is -2.98. The van der Waals surface area contributed by atoms with Gasteiger partial charge in [-0.1, -0.05) is 72.8 Å². The van der Waals surface area contributed by atoms with Crippen molar-refractivity contribution in [2.75, 3.05) is 9.80 Å². The summed E-state index contributed by atoms with van der Waals surface area (Å²) in [4.78, 5) is 4.86. The quantitative estimate of drug-likeness (QED) is 0.338. The van der Waals surface area contributed by atoms with E-state index in [1.807, 2.05) is 6.07 Å². The largest absolute Gasteiger partial charge is 0.450 e. The first-order valence-electron chi connectivity index (χ1n) is 9.75. The molecular weight excluding hydrogens is 424 g/mol. The lowest BCUT2D eigenvalue weighted by Crippen LogP contribution is -2.34. The molecule has 2 heterocycles. The Balaban J connectivity index is 1.60. The first-order chi connectivity index (χ1) is 14.3. The molecule has 0 bridgehead atoms. The smallest absolute Gasteiger partial charge is 0.169 e. The van der Waals surface area contributed by atoms with Gasteiger partial charge in [-0.15, -0.1) is 0 Å². The van der Waals surface area contributed by atoms with Gasteiger partial charge < -0.3 is 14.2 Å². The van der Waals surface area contributed by atoms with Gasteiger partial charge in [0.1, 0.15) is 5.76 Å². The summed E-state index contributed by atoms with van der Waals surface area (Å²) in [6.07, 6.45) is -0.0147. The molecule has 0 atom stereocenters. The first-order valence-corrected chi connectivity index (χ1v) is 10.5. The lowest BCUT2D eigenvalue weighted by atomic mass is 10.2. The second-order valence-electron chi connectivity index (χ2n) is 7.23. The summed E-state index contributed by atoms with van der Waals surface area (Å²) < 4.78 is 6.82. The van der Waals surface area contributed by atoms with Crippen LogP contribution in [-0.4, -0.2) is 0 Å². The van der Waals surface area contributed by atoms with Crippen molar-refractivity contribution in [1.82, 2.24) is 0 Å². The van der Waals surface area contributed by atoms with Crippen LogP contribution in [0.25, 0.3) is 0 Å². The van der Waals surface area contributed by atoms with Crippen molar-refractivity contribution in [3.63, 3.8) is 0 Å². The minimum absolute atomic E-state index is 0.0147. The summed E-state index contributed by atoms with van der Waals surface area (Å²) in [6.45, 7) is 1.62. The van der Waals surface area contributed by atoms with E-state index in [1.165, 1.54) is 22.5 Å². The molecule has 1 aromatic heterocycles. The number of hydrogen-bond donors (Lipinski definition) is 0. The van der Waals surface area contributed by atoms with Crippen molar-refractivity contribution in [3.05, 3.63) is 119 Å². The second-order valence-corrected chi connectivity index (χ2v) is 8.01. The molecule has 144 valence electrons. The molecule has 5 rings (SSSR count). The fourth-order valence-corrected chi connectivity index (χ4v) is 4.38. The molecule has 4 heteroatoms. The van der Waals surface area contributed by atoms with Crippen LogP contribution in [0.1, 0.15) is 23.1 Å². The topological polar surface area (TPSA) is 19.6 Å². The molecule has 0 spiro atoms. The zero-order chi connectivity index (χ0) is 19.6. The molecule has 1 aliphatic rings. The molecule has 3 nitrogen and oxygen atoms in total. The molecule has 0 fully saturated rings. The fraction of sp³-hybridized carbons (Fsp3) is 0.120. The van der Waals surface area contributed by atoms with E-state index in [-0.39, 0.29) is 6.17 Å². The Bertz CT molecular complexity index is 1030. The van der Waals surface area contributed by atoms with Gasteiger partial charge in [-0.3, -0.25) is 0 Å². The number of furan rings is 1. The van der Waals surface area contributed by atoms with Crippen LogP contribution >= 0.6 is 15.9 Å². The standard InChI is InChI=1S/C25H21BrN2O/c26-24-16-15-23(29-24)25-27(17-19-9-3-1-4-10-19)21-13-7-8-14-22(21)28(25)18-20-11-5-2-6-12-20/h1-16,25H,17-18H2. The van der Waals surface area contributed by atoms with Crippen molar-refractivity contribution < 1.29 is 4.42 Å². The van der Waals surface area contributed by atoms with Crippen molar-refractivity contribution in [3.8, 4) is 0 Å². The first kappa shape index (κ1) is 18.1. The summed E-state index contributed by atoms with van der Waals surface area (Å²) in [5.74, 6) is 0.930. The van der Waals surface area contributed by atoms with Crippen LogP contribution in [0.5, 0.6) is 0 Å². The molecule has 0 amide bonds. The van der Waals surface area contributed by atoms with E-state index in [0.717, 1.165) is 23.5 Å². The number of hydrogen-bond acceptors (Lipinski definition) is 3. The fourth-order valence-electron chi connectivity index (χ4n) is 4.06. The molecule has 0 aliphatic carbocycles. The SMILES string of the molecule is Brc1ccc(C2N(Cc3ccccc3)c3ccccc3N2Cc2ccccc2)o1. The Morgan fingerprint density at radius 2 is 1.10 bits per heavy atom. The van der Waals surface area contributed by atoms with Crippen molar-refractivity contribution in [2.45, 2.75) is 19.3 Å². The predicted octanol–water partition coefficient (Wildman–Crippen LogP) is 6.77. The highest BCUT2D eigenvalue weighted by Crippen LogP contribution is 2.48. The number of halogens is 1. The minimum atomic E-state index is -0.0147. The highest BCUT2D eigenvalue weighted by Gasteiger charge is 2.38. The zero-order valence-corrected chi connectivity index (χ0v) is 17.5. The van der Waals surface area contributed by atoms with Gasteiger partial charge in [0.05, 0.1) is 11.4 Å². The van der Waals surface area contributed by atoms with Gasteiger partial charge in [0.2, 0.25) is 0 Å². The maximum absolute atomic E-state index is 6.07.